The average molecular weight is 351 g/mol. The van der Waals surface area contributed by atoms with Crippen LogP contribution in [0, 0.1) is 0 Å². The van der Waals surface area contributed by atoms with Crippen molar-refractivity contribution in [3.8, 4) is 0 Å². The van der Waals surface area contributed by atoms with E-state index in [0.717, 1.165) is 22.2 Å². The Bertz CT molecular complexity index is 738. The summed E-state index contributed by atoms with van der Waals surface area (Å²) in [7, 11) is 0. The molecule has 1 heterocycles. The van der Waals surface area contributed by atoms with Gasteiger partial charge in [0.05, 0.1) is 6.04 Å². The zero-order valence-electron chi connectivity index (χ0n) is 15.8. The molecule has 3 nitrogen and oxygen atoms in total. The number of nitrogens with one attached hydrogen (secondary N) is 2. The highest BCUT2D eigenvalue weighted by Crippen LogP contribution is 2.20. The van der Waals surface area contributed by atoms with Crippen LogP contribution in [0.15, 0.2) is 60.8 Å². The quantitative estimate of drug-likeness (QED) is 0.437. The fourth-order valence-electron chi connectivity index (χ4n) is 2.36. The van der Waals surface area contributed by atoms with E-state index >= 15 is 0 Å². The number of hydrogen-bond donors (Lipinski definition) is 2. The number of Topliss-reactive ketones (excluding diaryl/α,β-unsaturated/α-hetero) is 1. The first-order valence-electron chi connectivity index (χ1n) is 8.67. The fraction of sp³-hybridized carbons (Fsp3) is 0.318. The molecule has 0 bridgehead atoms. The Labute approximate surface area is 160 Å². The minimum Gasteiger partial charge on any atom is -0.375 e. The molecule has 0 amide bonds. The summed E-state index contributed by atoms with van der Waals surface area (Å²) in [5.74, 6) is 0.0892. The van der Waals surface area contributed by atoms with E-state index in [4.69, 9.17) is 0 Å². The molecule has 3 rings (SSSR count). The third-order valence-electron chi connectivity index (χ3n) is 3.40. The molecule has 0 saturated carbocycles. The zero-order chi connectivity index (χ0) is 17.9. The lowest BCUT2D eigenvalue weighted by atomic mass is 10.0. The van der Waals surface area contributed by atoms with Crippen LogP contribution in [0.1, 0.15) is 52.4 Å². The zero-order valence-corrected chi connectivity index (χ0v) is 15.8. The summed E-state index contributed by atoms with van der Waals surface area (Å²) in [5, 5.41) is 4.20. The summed E-state index contributed by atoms with van der Waals surface area (Å²) in [6.45, 7) is 9.89. The molecule has 3 radical (unpaired) electrons. The first-order chi connectivity index (χ1) is 11.8. The Hall–Kier alpha value is -2.49. The van der Waals surface area contributed by atoms with Crippen molar-refractivity contribution in [2.75, 3.05) is 5.32 Å². The first-order valence-corrected chi connectivity index (χ1v) is 8.67. The van der Waals surface area contributed by atoms with Crippen molar-refractivity contribution < 1.29 is 4.79 Å². The molecule has 2 N–H and O–H groups in total. The van der Waals surface area contributed by atoms with Gasteiger partial charge in [-0.1, -0.05) is 71.5 Å². The van der Waals surface area contributed by atoms with Crippen LogP contribution in [0.25, 0.3) is 10.9 Å². The van der Waals surface area contributed by atoms with Crippen molar-refractivity contribution >= 4 is 30.8 Å². The molecular formula is C22H32BN2O. The Morgan fingerprint density at radius 1 is 0.923 bits per heavy atom. The minimum absolute atomic E-state index is 0. The molecule has 0 saturated heterocycles. The van der Waals surface area contributed by atoms with Crippen molar-refractivity contribution in [3.63, 3.8) is 0 Å². The number of carbonyl (C=O) groups is 1. The van der Waals surface area contributed by atoms with Gasteiger partial charge < -0.3 is 10.3 Å². The number of hydrogen-bond acceptors (Lipinski definition) is 2. The maximum atomic E-state index is 12.5. The summed E-state index contributed by atoms with van der Waals surface area (Å²) in [6.07, 6.45) is 1.79. The topological polar surface area (TPSA) is 44.9 Å². The molecule has 0 aliphatic heterocycles. The van der Waals surface area contributed by atoms with Gasteiger partial charge >= 0.3 is 0 Å². The minimum atomic E-state index is -0.267. The third-order valence-corrected chi connectivity index (χ3v) is 3.40. The highest BCUT2D eigenvalue weighted by Gasteiger charge is 2.18. The molecule has 1 aromatic heterocycles. The highest BCUT2D eigenvalue weighted by molar-refractivity contribution is 6.11. The summed E-state index contributed by atoms with van der Waals surface area (Å²) >= 11 is 0. The lowest BCUT2D eigenvalue weighted by Gasteiger charge is -2.13. The SMILES string of the molecule is C.CC.CC.CC(Nc1ccccc1)C(=O)c1c[nH]c2ccccc12.[B]. The largest absolute Gasteiger partial charge is 0.375 e. The second-order valence-corrected chi connectivity index (χ2v) is 4.84. The number of fused-ring (bicyclic) bond motifs is 1. The van der Waals surface area contributed by atoms with E-state index in [9.17, 15) is 4.79 Å². The van der Waals surface area contributed by atoms with E-state index in [1.165, 1.54) is 0 Å². The van der Waals surface area contributed by atoms with Crippen molar-refractivity contribution in [2.45, 2.75) is 48.1 Å². The molecule has 0 aliphatic rings. The maximum Gasteiger partial charge on any atom is 0.186 e. The van der Waals surface area contributed by atoms with E-state index in [2.05, 4.69) is 10.3 Å². The number of H-pyrrole nitrogens is 1. The van der Waals surface area contributed by atoms with Gasteiger partial charge in [0.1, 0.15) is 0 Å². The molecule has 26 heavy (non-hydrogen) atoms. The average Bonchev–Trinajstić information content (AvgIpc) is 3.09. The Morgan fingerprint density at radius 2 is 1.46 bits per heavy atom. The van der Waals surface area contributed by atoms with Crippen LogP contribution < -0.4 is 5.32 Å². The van der Waals surface area contributed by atoms with Gasteiger partial charge in [0.15, 0.2) is 5.78 Å². The molecule has 3 aromatic rings. The van der Waals surface area contributed by atoms with Crippen molar-refractivity contribution in [3.05, 3.63) is 66.4 Å². The molecule has 1 atom stereocenters. The van der Waals surface area contributed by atoms with Crippen LogP contribution >= 0.6 is 0 Å². The third kappa shape index (κ3) is 6.43. The Morgan fingerprint density at radius 3 is 2.08 bits per heavy atom. The van der Waals surface area contributed by atoms with Crippen molar-refractivity contribution in [1.82, 2.24) is 4.98 Å². The Kier molecular flexibility index (Phi) is 13.6. The van der Waals surface area contributed by atoms with Crippen LogP contribution in [-0.4, -0.2) is 25.2 Å². The van der Waals surface area contributed by atoms with Crippen molar-refractivity contribution in [1.29, 1.82) is 0 Å². The maximum absolute atomic E-state index is 12.5. The van der Waals surface area contributed by atoms with Crippen LogP contribution in [-0.2, 0) is 0 Å². The number of aromatic amines is 1. The van der Waals surface area contributed by atoms with Gasteiger partial charge in [-0.25, -0.2) is 0 Å². The Balaban J connectivity index is 0. The molecule has 1 unspecified atom stereocenters. The fourth-order valence-corrected chi connectivity index (χ4v) is 2.36. The van der Waals surface area contributed by atoms with Gasteiger partial charge in [-0.3, -0.25) is 4.79 Å². The van der Waals surface area contributed by atoms with Gasteiger partial charge in [0.2, 0.25) is 0 Å². The summed E-state index contributed by atoms with van der Waals surface area (Å²) in [5.41, 5.74) is 2.67. The van der Waals surface area contributed by atoms with E-state index in [1.807, 2.05) is 89.2 Å². The number of anilines is 1. The number of carbonyl (C=O) groups excluding carboxylic acids is 1. The van der Waals surface area contributed by atoms with Gasteiger partial charge in [-0.05, 0) is 25.1 Å². The van der Waals surface area contributed by atoms with Crippen LogP contribution in [0.4, 0.5) is 5.69 Å². The smallest absolute Gasteiger partial charge is 0.186 e. The predicted octanol–water partition coefficient (Wildman–Crippen LogP) is 6.16. The lowest BCUT2D eigenvalue weighted by Crippen LogP contribution is -2.25. The molecule has 0 spiro atoms. The summed E-state index contributed by atoms with van der Waals surface area (Å²) < 4.78 is 0. The summed E-state index contributed by atoms with van der Waals surface area (Å²) in [4.78, 5) is 15.7. The highest BCUT2D eigenvalue weighted by atomic mass is 16.1. The van der Waals surface area contributed by atoms with E-state index in [0.29, 0.717) is 0 Å². The molecule has 139 valence electrons. The monoisotopic (exact) mass is 351 g/mol. The number of benzene rings is 2. The normalized spacial score (nSPS) is 9.88. The number of aromatic nitrogens is 1. The van der Waals surface area contributed by atoms with Gasteiger partial charge in [0, 0.05) is 36.8 Å². The van der Waals surface area contributed by atoms with Gasteiger partial charge in [-0.15, -0.1) is 0 Å². The predicted molar refractivity (Wildman–Crippen MR) is 117 cm³/mol. The van der Waals surface area contributed by atoms with Crippen molar-refractivity contribution in [2.24, 2.45) is 0 Å². The van der Waals surface area contributed by atoms with Crippen LogP contribution in [0.2, 0.25) is 0 Å². The second kappa shape index (κ2) is 13.8. The molecule has 4 heteroatoms. The van der Waals surface area contributed by atoms with Crippen LogP contribution in [0.3, 0.4) is 0 Å². The number of ketones is 1. The van der Waals surface area contributed by atoms with E-state index in [1.54, 1.807) is 6.20 Å². The number of rotatable bonds is 4. The van der Waals surface area contributed by atoms with E-state index < -0.39 is 0 Å². The summed E-state index contributed by atoms with van der Waals surface area (Å²) in [6, 6.07) is 17.3. The van der Waals surface area contributed by atoms with Gasteiger partial charge in [-0.2, -0.15) is 0 Å². The standard InChI is InChI=1S/C17H16N2O.2C2H6.CH4.B/c1-12(19-13-7-3-2-4-8-13)17(20)15-11-18-16-10-6-5-9-14(15)16;2*1-2;;/h2-12,18-19H,1H3;2*1-2H3;1H4;. The number of para-hydroxylation sites is 2. The molecule has 0 fully saturated rings. The second-order valence-electron chi connectivity index (χ2n) is 4.84. The van der Waals surface area contributed by atoms with E-state index in [-0.39, 0.29) is 27.7 Å². The van der Waals surface area contributed by atoms with Gasteiger partial charge in [0.25, 0.3) is 0 Å². The molecule has 2 aromatic carbocycles. The molecule has 0 aliphatic carbocycles. The first kappa shape index (κ1) is 25.8. The molecular weight excluding hydrogens is 319 g/mol. The lowest BCUT2D eigenvalue weighted by molar-refractivity contribution is 0.0977. The van der Waals surface area contributed by atoms with Crippen LogP contribution in [0.5, 0.6) is 0 Å².